The molecule has 7 rings (SSSR count). The van der Waals surface area contributed by atoms with Gasteiger partial charge in [0.2, 0.25) is 0 Å². The van der Waals surface area contributed by atoms with Crippen LogP contribution in [0, 0.1) is 11.8 Å². The smallest absolute Gasteiger partial charge is 0.310 e. The molecular weight excluding hydrogens is 484 g/mol. The predicted molar refractivity (Wildman–Crippen MR) is 138 cm³/mol. The molecular formula is C31H30O7. The first kappa shape index (κ1) is 24.6. The normalized spacial score (nSPS) is 30.3. The Morgan fingerprint density at radius 1 is 1.13 bits per heavy atom. The highest BCUT2D eigenvalue weighted by molar-refractivity contribution is 6.18. The molecule has 5 aliphatic rings. The summed E-state index contributed by atoms with van der Waals surface area (Å²) in [6.45, 7) is 5.80. The van der Waals surface area contributed by atoms with Crippen LogP contribution in [0.5, 0.6) is 11.5 Å². The van der Waals surface area contributed by atoms with Crippen molar-refractivity contribution in [3.05, 3.63) is 83.0 Å². The van der Waals surface area contributed by atoms with Gasteiger partial charge >= 0.3 is 5.97 Å². The van der Waals surface area contributed by atoms with Gasteiger partial charge in [-0.1, -0.05) is 48.6 Å². The van der Waals surface area contributed by atoms with E-state index in [-0.39, 0.29) is 60.0 Å². The zero-order valence-corrected chi connectivity index (χ0v) is 21.7. The third kappa shape index (κ3) is 3.34. The van der Waals surface area contributed by atoms with Crippen molar-refractivity contribution in [2.24, 2.45) is 11.8 Å². The molecule has 4 atom stereocenters. The molecule has 2 aromatic rings. The van der Waals surface area contributed by atoms with E-state index in [1.54, 1.807) is 18.2 Å². The summed E-state index contributed by atoms with van der Waals surface area (Å²) in [5, 5.41) is 10.4. The fraction of sp³-hybridized carbons (Fsp3) is 0.387. The second-order valence-electron chi connectivity index (χ2n) is 11.3. The SMILES string of the molecule is C/C(=C/C[C@@]12OC(C)(C)[C@@H]3C[C@@H](C=C4C(=O)c5c(O)cccc5O[C@]431)C2=O)COC(=O)Cc1ccccc1. The Kier molecular flexibility index (Phi) is 5.44. The van der Waals surface area contributed by atoms with Gasteiger partial charge < -0.3 is 19.3 Å². The predicted octanol–water partition coefficient (Wildman–Crippen LogP) is 4.52. The maximum atomic E-state index is 13.9. The molecule has 4 bridgehead atoms. The Bertz CT molecular complexity index is 1420. The van der Waals surface area contributed by atoms with Gasteiger partial charge in [0.1, 0.15) is 23.7 Å². The van der Waals surface area contributed by atoms with Gasteiger partial charge in [0.25, 0.3) is 0 Å². The number of hydrogen-bond donors (Lipinski definition) is 1. The number of ketones is 2. The first-order valence-corrected chi connectivity index (χ1v) is 13.0. The van der Waals surface area contributed by atoms with Gasteiger partial charge in [-0.25, -0.2) is 0 Å². The molecule has 1 spiro atoms. The molecule has 2 aromatic carbocycles. The molecule has 7 nitrogen and oxygen atoms in total. The lowest BCUT2D eigenvalue weighted by Gasteiger charge is -2.56. The number of esters is 1. The number of fused-ring (bicyclic) bond motifs is 1. The molecule has 196 valence electrons. The van der Waals surface area contributed by atoms with Gasteiger partial charge in [-0.05, 0) is 50.5 Å². The van der Waals surface area contributed by atoms with E-state index in [0.29, 0.717) is 12.0 Å². The molecule has 0 radical (unpaired) electrons. The fourth-order valence-corrected chi connectivity index (χ4v) is 6.86. The van der Waals surface area contributed by atoms with Crippen molar-refractivity contribution in [1.82, 2.24) is 0 Å². The number of phenolic OH excluding ortho intramolecular Hbond substituents is 1. The Labute approximate surface area is 221 Å². The number of rotatable bonds is 6. The summed E-state index contributed by atoms with van der Waals surface area (Å²) in [6.07, 6.45) is 4.45. The Hall–Kier alpha value is -3.71. The van der Waals surface area contributed by atoms with E-state index in [0.717, 1.165) is 11.1 Å². The monoisotopic (exact) mass is 514 g/mol. The zero-order chi connectivity index (χ0) is 26.9. The van der Waals surface area contributed by atoms with Crippen molar-refractivity contribution in [1.29, 1.82) is 0 Å². The topological polar surface area (TPSA) is 99.1 Å². The molecule has 1 N–H and O–H groups in total. The van der Waals surface area contributed by atoms with Crippen molar-refractivity contribution >= 4 is 17.5 Å². The van der Waals surface area contributed by atoms with Crippen molar-refractivity contribution in [2.45, 2.75) is 56.8 Å². The summed E-state index contributed by atoms with van der Waals surface area (Å²) in [4.78, 5) is 40.0. The summed E-state index contributed by atoms with van der Waals surface area (Å²) in [7, 11) is 0. The van der Waals surface area contributed by atoms with E-state index in [1.165, 1.54) is 6.07 Å². The van der Waals surface area contributed by atoms with Crippen LogP contribution < -0.4 is 4.74 Å². The van der Waals surface area contributed by atoms with Crippen LogP contribution in [-0.4, -0.2) is 46.1 Å². The van der Waals surface area contributed by atoms with Crippen LogP contribution in [0.2, 0.25) is 0 Å². The van der Waals surface area contributed by atoms with Gasteiger partial charge in [0.05, 0.1) is 12.0 Å². The molecule has 0 aromatic heterocycles. The zero-order valence-electron chi connectivity index (χ0n) is 21.7. The number of allylic oxidation sites excluding steroid dienone is 1. The van der Waals surface area contributed by atoms with E-state index < -0.39 is 22.7 Å². The maximum absolute atomic E-state index is 13.9. The highest BCUT2D eigenvalue weighted by Gasteiger charge is 2.81. The first-order chi connectivity index (χ1) is 18.1. The third-order valence-electron chi connectivity index (χ3n) is 8.50. The molecule has 2 aliphatic heterocycles. The molecule has 1 saturated heterocycles. The molecule has 7 heteroatoms. The minimum Gasteiger partial charge on any atom is -0.507 e. The maximum Gasteiger partial charge on any atom is 0.310 e. The highest BCUT2D eigenvalue weighted by atomic mass is 16.6. The lowest BCUT2D eigenvalue weighted by molar-refractivity contribution is -0.171. The number of hydrogen-bond acceptors (Lipinski definition) is 7. The lowest BCUT2D eigenvalue weighted by atomic mass is 9.51. The second kappa shape index (κ2) is 8.40. The van der Waals surface area contributed by atoms with E-state index in [9.17, 15) is 19.5 Å². The van der Waals surface area contributed by atoms with Crippen LogP contribution in [0.4, 0.5) is 0 Å². The molecule has 1 saturated carbocycles. The van der Waals surface area contributed by atoms with Crippen molar-refractivity contribution in [3.63, 3.8) is 0 Å². The number of Topliss-reactive ketones (excluding diaryl/α,β-unsaturated/α-hetero) is 2. The second-order valence-corrected chi connectivity index (χ2v) is 11.3. The van der Waals surface area contributed by atoms with Gasteiger partial charge in [0, 0.05) is 23.8 Å². The average molecular weight is 515 g/mol. The van der Waals surface area contributed by atoms with E-state index in [1.807, 2.05) is 57.2 Å². The van der Waals surface area contributed by atoms with Crippen LogP contribution in [0.1, 0.15) is 49.5 Å². The van der Waals surface area contributed by atoms with Gasteiger partial charge in [-0.3, -0.25) is 14.4 Å². The summed E-state index contributed by atoms with van der Waals surface area (Å²) in [6, 6.07) is 14.1. The van der Waals surface area contributed by atoms with Gasteiger partial charge in [0.15, 0.2) is 22.8 Å². The largest absolute Gasteiger partial charge is 0.507 e. The van der Waals surface area contributed by atoms with E-state index in [4.69, 9.17) is 14.2 Å². The van der Waals surface area contributed by atoms with Crippen LogP contribution in [0.3, 0.4) is 0 Å². The van der Waals surface area contributed by atoms with Gasteiger partial charge in [-0.15, -0.1) is 0 Å². The quantitative estimate of drug-likeness (QED) is 0.447. The summed E-state index contributed by atoms with van der Waals surface area (Å²) in [5.74, 6) is -1.38. The van der Waals surface area contributed by atoms with E-state index in [2.05, 4.69) is 0 Å². The Morgan fingerprint density at radius 2 is 1.89 bits per heavy atom. The summed E-state index contributed by atoms with van der Waals surface area (Å²) < 4.78 is 18.8. The minimum atomic E-state index is -1.41. The average Bonchev–Trinajstić information content (AvgIpc) is 3.04. The number of ether oxygens (including phenoxy) is 3. The molecule has 0 amide bonds. The van der Waals surface area contributed by atoms with Crippen LogP contribution >= 0.6 is 0 Å². The standard InChI is InChI=1S/C31H30O7/c1-18(17-36-25(33)14-19-8-5-4-6-9-19)12-13-30-28(35)20-15-21-27(34)26-22(32)10-7-11-23(26)37-31(21,30)24(16-20)29(2,3)38-30/h4-12,15,20,24,32H,13-14,16-17H2,1-3H3/b18-12-/t20-,24+,30+,31-/m1/s1. The number of carbonyl (C=O) groups excluding carboxylic acids is 3. The van der Waals surface area contributed by atoms with Crippen LogP contribution in [0.15, 0.2) is 71.8 Å². The molecule has 38 heavy (non-hydrogen) atoms. The number of phenols is 1. The minimum absolute atomic E-state index is 0.0817. The Morgan fingerprint density at radius 3 is 2.66 bits per heavy atom. The summed E-state index contributed by atoms with van der Waals surface area (Å²) in [5.41, 5.74) is -1.31. The molecule has 0 unspecified atom stereocenters. The van der Waals surface area contributed by atoms with Crippen molar-refractivity contribution in [3.8, 4) is 11.5 Å². The van der Waals surface area contributed by atoms with Crippen LogP contribution in [-0.2, 0) is 25.5 Å². The van der Waals surface area contributed by atoms with Crippen molar-refractivity contribution in [2.75, 3.05) is 6.61 Å². The van der Waals surface area contributed by atoms with Crippen LogP contribution in [0.25, 0.3) is 0 Å². The van der Waals surface area contributed by atoms with E-state index >= 15 is 0 Å². The number of benzene rings is 2. The van der Waals surface area contributed by atoms with Gasteiger partial charge in [-0.2, -0.15) is 0 Å². The number of aromatic hydroxyl groups is 1. The lowest BCUT2D eigenvalue weighted by Crippen LogP contribution is -2.72. The van der Waals surface area contributed by atoms with Crippen molar-refractivity contribution < 1.29 is 33.7 Å². The Balaban J connectivity index is 1.32. The first-order valence-electron chi connectivity index (χ1n) is 13.0. The molecule has 2 heterocycles. The fourth-order valence-electron chi connectivity index (χ4n) is 6.86. The molecule has 2 fully saturated rings. The number of carbonyl (C=O) groups is 3. The highest BCUT2D eigenvalue weighted by Crippen LogP contribution is 2.67. The molecule has 3 aliphatic carbocycles. The third-order valence-corrected chi connectivity index (χ3v) is 8.50. The summed E-state index contributed by atoms with van der Waals surface area (Å²) >= 11 is 0.